The molecule has 0 aromatic rings. The predicted octanol–water partition coefficient (Wildman–Crippen LogP) is 5.37. The van der Waals surface area contributed by atoms with Crippen molar-refractivity contribution >= 4 is 0 Å². The molecule has 37 heavy (non-hydrogen) atoms. The van der Waals surface area contributed by atoms with Crippen molar-refractivity contribution in [1.29, 1.82) is 0 Å². The van der Waals surface area contributed by atoms with Gasteiger partial charge in [-0.25, -0.2) is 0 Å². The second-order valence-corrected chi connectivity index (χ2v) is 7.32. The van der Waals surface area contributed by atoms with Crippen LogP contribution in [0.3, 0.4) is 0 Å². The normalized spacial score (nSPS) is 16.5. The molecule has 4 aliphatic rings. The quantitative estimate of drug-likeness (QED) is 0.254. The zero-order chi connectivity index (χ0) is 24.6. The fourth-order valence-electron chi connectivity index (χ4n) is 3.01. The number of hydrogen-bond donors (Lipinski definition) is 0. The minimum absolute atomic E-state index is 0. The van der Waals surface area contributed by atoms with Gasteiger partial charge in [-0.1, -0.05) is 40.5 Å². The van der Waals surface area contributed by atoms with E-state index >= 15 is 0 Å². The van der Waals surface area contributed by atoms with E-state index in [4.69, 9.17) is 9.47 Å². The van der Waals surface area contributed by atoms with E-state index in [0.717, 1.165) is 52.5 Å². The van der Waals surface area contributed by atoms with Crippen molar-refractivity contribution in [1.82, 2.24) is 19.6 Å². The molecule has 0 radical (unpaired) electrons. The van der Waals surface area contributed by atoms with E-state index in [1.807, 2.05) is 27.7 Å². The van der Waals surface area contributed by atoms with Gasteiger partial charge in [0.25, 0.3) is 0 Å². The van der Waals surface area contributed by atoms with Gasteiger partial charge in [-0.3, -0.25) is 0 Å². The van der Waals surface area contributed by atoms with Crippen LogP contribution in [0, 0.1) is 28.2 Å². The van der Waals surface area contributed by atoms with E-state index in [9.17, 15) is 0 Å². The maximum atomic E-state index is 4.98. The molecule has 0 N–H and O–H groups in total. The minimum atomic E-state index is 0. The fourth-order valence-corrected chi connectivity index (χ4v) is 3.01. The van der Waals surface area contributed by atoms with Crippen molar-refractivity contribution in [2.24, 2.45) is 0 Å². The van der Waals surface area contributed by atoms with Crippen LogP contribution in [0.25, 0.3) is 10.6 Å². The van der Waals surface area contributed by atoms with E-state index in [2.05, 4.69) is 82.5 Å². The molecule has 2 saturated heterocycles. The van der Waals surface area contributed by atoms with Crippen LogP contribution in [0.5, 0.6) is 0 Å². The number of hydrogen-bond acceptors (Lipinski definition) is 6. The first kappa shape index (κ1) is 46.7. The Balaban J connectivity index is -0.000000150. The van der Waals surface area contributed by atoms with Gasteiger partial charge in [0, 0.05) is 19.8 Å². The van der Waals surface area contributed by atoms with Gasteiger partial charge < -0.3 is 54.6 Å². The SMILES string of the molecule is C1COCC[N-]1.C1COC[N-]1.CC.CC.CN1C=CN(CCCCCCN2C=CN(C)[CH-]2)[CH-]1.[CH3-].[CH3-].[PtH].[PtH]. The molecule has 0 atom stereocenters. The molecule has 0 amide bonds. The van der Waals surface area contributed by atoms with Crippen molar-refractivity contribution in [2.45, 2.75) is 53.4 Å². The second-order valence-electron chi connectivity index (χ2n) is 7.32. The summed E-state index contributed by atoms with van der Waals surface area (Å²) in [6, 6.07) is 0. The Morgan fingerprint density at radius 3 is 1.24 bits per heavy atom. The van der Waals surface area contributed by atoms with Crippen molar-refractivity contribution in [3.63, 3.8) is 0 Å². The molecule has 0 aromatic heterocycles. The summed E-state index contributed by atoms with van der Waals surface area (Å²) in [6.07, 6.45) is 13.6. The molecule has 0 bridgehead atoms. The number of nitrogens with zero attached hydrogens (tertiary/aromatic N) is 6. The Morgan fingerprint density at radius 2 is 1.03 bits per heavy atom. The summed E-state index contributed by atoms with van der Waals surface area (Å²) in [6.45, 7) is 20.4. The number of ether oxygens (including phenoxy) is 2. The first-order valence-electron chi connectivity index (χ1n) is 12.7. The Bertz CT molecular complexity index is 419. The molecule has 0 aromatic carbocycles. The summed E-state index contributed by atoms with van der Waals surface area (Å²) in [5.74, 6) is 0. The van der Waals surface area contributed by atoms with E-state index in [1.165, 1.54) is 25.7 Å². The molecule has 0 saturated carbocycles. The third kappa shape index (κ3) is 28.7. The zero-order valence-corrected chi connectivity index (χ0v) is 29.6. The van der Waals surface area contributed by atoms with E-state index in [-0.39, 0.29) is 57.0 Å². The summed E-state index contributed by atoms with van der Waals surface area (Å²) in [4.78, 5) is 8.69. The van der Waals surface area contributed by atoms with Crippen molar-refractivity contribution in [3.8, 4) is 0 Å². The predicted molar refractivity (Wildman–Crippen MR) is 156 cm³/mol. The molecular weight excluding hydrogens is 830 g/mol. The molecule has 234 valence electrons. The van der Waals surface area contributed by atoms with Gasteiger partial charge >= 0.3 is 42.1 Å². The number of unbranched alkanes of at least 4 members (excludes halogenated alkanes) is 3. The molecule has 0 aliphatic carbocycles. The molecule has 10 heteroatoms. The molecule has 0 unspecified atom stereocenters. The topological polar surface area (TPSA) is 59.6 Å². The van der Waals surface area contributed by atoms with Gasteiger partial charge in [0.05, 0.1) is 0 Å². The van der Waals surface area contributed by atoms with Crippen LogP contribution in [-0.4, -0.2) is 93.0 Å². The first-order valence-corrected chi connectivity index (χ1v) is 12.7. The molecule has 2 fully saturated rings. The van der Waals surface area contributed by atoms with Crippen molar-refractivity contribution in [3.05, 3.63) is 63.6 Å². The van der Waals surface area contributed by atoms with Crippen LogP contribution in [0.2, 0.25) is 0 Å². The monoisotopic (exact) mass is 888 g/mol. The zero-order valence-electron chi connectivity index (χ0n) is 24.8. The average Bonchev–Trinajstić information content (AvgIpc) is 3.66. The van der Waals surface area contributed by atoms with Crippen LogP contribution >= 0.6 is 0 Å². The summed E-state index contributed by atoms with van der Waals surface area (Å²) < 4.78 is 9.75. The Hall–Kier alpha value is -0.103. The summed E-state index contributed by atoms with van der Waals surface area (Å²) in [7, 11) is 4.13. The van der Waals surface area contributed by atoms with Gasteiger partial charge in [-0.05, 0) is 71.6 Å². The first-order chi connectivity index (χ1) is 16.2. The van der Waals surface area contributed by atoms with Crippen LogP contribution in [0.15, 0.2) is 24.8 Å². The summed E-state index contributed by atoms with van der Waals surface area (Å²) in [5, 5.41) is 7.91. The van der Waals surface area contributed by atoms with Gasteiger partial charge in [0.1, 0.15) is 0 Å². The molecule has 0 spiro atoms. The van der Waals surface area contributed by atoms with E-state index in [1.54, 1.807) is 0 Å². The third-order valence-electron chi connectivity index (χ3n) is 4.59. The van der Waals surface area contributed by atoms with Crippen molar-refractivity contribution in [2.75, 3.05) is 73.4 Å². The molecular formula is C27H58N6O2Pt2-6. The molecule has 8 nitrogen and oxygen atoms in total. The van der Waals surface area contributed by atoms with Gasteiger partial charge in [0.15, 0.2) is 0 Å². The van der Waals surface area contributed by atoms with Crippen LogP contribution in [-0.2, 0) is 51.6 Å². The van der Waals surface area contributed by atoms with Gasteiger partial charge in [-0.15, -0.1) is 19.6 Å². The van der Waals surface area contributed by atoms with Crippen LogP contribution < -0.4 is 0 Å². The standard InChI is InChI=1S/C14H24N4.C4H8NO.C3H6NO.2C2H6.2CH3.2Pt.2H/c1-15-9-11-17(13-15)7-5-3-4-6-8-18-12-10-16(2)14-18;1-3-6-4-2-5-1;1-2-5-3-4-1;2*1-2;;;;;;/h9-14H,3-8H2,1-2H3;1-4H2;1-3H2;2*1-2H3;2*1H3;;;;/q-2;2*-1;;;2*-1;;;;. The van der Waals surface area contributed by atoms with Crippen LogP contribution in [0.4, 0.5) is 0 Å². The van der Waals surface area contributed by atoms with Gasteiger partial charge in [-0.2, -0.15) is 13.3 Å². The van der Waals surface area contributed by atoms with E-state index < -0.39 is 0 Å². The number of morpholine rings is 1. The molecule has 4 heterocycles. The number of rotatable bonds is 7. The van der Waals surface area contributed by atoms with E-state index in [0.29, 0.717) is 6.73 Å². The van der Waals surface area contributed by atoms with Crippen molar-refractivity contribution < 1.29 is 51.6 Å². The Labute approximate surface area is 260 Å². The second kappa shape index (κ2) is 35.9. The van der Waals surface area contributed by atoms with Gasteiger partial charge in [0.2, 0.25) is 0 Å². The van der Waals surface area contributed by atoms with Crippen LogP contribution in [0.1, 0.15) is 53.4 Å². The summed E-state index contributed by atoms with van der Waals surface area (Å²) in [5.41, 5.74) is 0. The third-order valence-corrected chi connectivity index (χ3v) is 4.59. The molecule has 4 rings (SSSR count). The Morgan fingerprint density at radius 1 is 0.622 bits per heavy atom. The fraction of sp³-hybridized carbons (Fsp3) is 0.704. The average molecular weight is 889 g/mol. The maximum absolute atomic E-state index is 4.98. The Kier molecular flexibility index (Phi) is 45.3. The molecule has 4 aliphatic heterocycles. The summed E-state index contributed by atoms with van der Waals surface area (Å²) >= 11 is 0.